The lowest BCUT2D eigenvalue weighted by molar-refractivity contribution is -0.142. The molecule has 102 valence electrons. The van der Waals surface area contributed by atoms with Crippen molar-refractivity contribution >= 4 is 27.7 Å². The number of aryl methyl sites for hydroxylation is 1. The molecule has 0 spiro atoms. The van der Waals surface area contributed by atoms with Crippen LogP contribution in [0, 0.1) is 24.7 Å². The van der Waals surface area contributed by atoms with Crippen molar-refractivity contribution in [1.29, 1.82) is 0 Å². The Balaban J connectivity index is 1.84. The number of rotatable bonds is 3. The van der Waals surface area contributed by atoms with E-state index in [0.29, 0.717) is 12.5 Å². The molecule has 4 nitrogen and oxygen atoms in total. The predicted molar refractivity (Wildman–Crippen MR) is 76.2 cm³/mol. The highest BCUT2D eigenvalue weighted by Crippen LogP contribution is 2.45. The molecule has 1 aliphatic heterocycles. The molecule has 5 heteroatoms. The van der Waals surface area contributed by atoms with Crippen molar-refractivity contribution in [3.8, 4) is 0 Å². The van der Waals surface area contributed by atoms with Crippen molar-refractivity contribution in [2.75, 3.05) is 18.0 Å². The van der Waals surface area contributed by atoms with E-state index in [9.17, 15) is 9.90 Å². The number of carbonyl (C=O) groups is 1. The SMILES string of the molecule is Cc1cnc(N2C[C@@H](C(=O)O)[C@H](C3CC3)C2)c(Br)c1. The summed E-state index contributed by atoms with van der Waals surface area (Å²) in [7, 11) is 0. The van der Waals surface area contributed by atoms with E-state index in [1.54, 1.807) is 0 Å². The lowest BCUT2D eigenvalue weighted by Gasteiger charge is -2.19. The lowest BCUT2D eigenvalue weighted by atomic mass is 9.92. The second-order valence-corrected chi connectivity index (χ2v) is 6.52. The number of hydrogen-bond acceptors (Lipinski definition) is 3. The fourth-order valence-corrected chi connectivity index (χ4v) is 3.74. The van der Waals surface area contributed by atoms with Crippen molar-refractivity contribution in [3.63, 3.8) is 0 Å². The van der Waals surface area contributed by atoms with Gasteiger partial charge in [0.25, 0.3) is 0 Å². The standard InChI is InChI=1S/C14H17BrN2O2/c1-8-4-12(15)13(16-5-8)17-6-10(9-2-3-9)11(7-17)14(18)19/h4-5,9-11H,2-3,6-7H2,1H3,(H,18,19)/t10-,11+/m0/s1. The Hall–Kier alpha value is -1.10. The molecule has 0 aromatic carbocycles. The molecular weight excluding hydrogens is 308 g/mol. The molecule has 2 heterocycles. The topological polar surface area (TPSA) is 53.4 Å². The maximum atomic E-state index is 11.4. The van der Waals surface area contributed by atoms with Crippen LogP contribution in [-0.2, 0) is 4.79 Å². The number of hydrogen-bond donors (Lipinski definition) is 1. The Morgan fingerprint density at radius 3 is 2.79 bits per heavy atom. The second-order valence-electron chi connectivity index (χ2n) is 5.67. The van der Waals surface area contributed by atoms with E-state index in [4.69, 9.17) is 0 Å². The van der Waals surface area contributed by atoms with Crippen LogP contribution in [0.2, 0.25) is 0 Å². The third-order valence-corrected chi connectivity index (χ3v) is 4.75. The van der Waals surface area contributed by atoms with Crippen molar-refractivity contribution < 1.29 is 9.90 Å². The number of aromatic nitrogens is 1. The number of carboxylic acids is 1. The van der Waals surface area contributed by atoms with E-state index in [1.165, 1.54) is 12.8 Å². The molecule has 1 aromatic heterocycles. The summed E-state index contributed by atoms with van der Waals surface area (Å²) in [6, 6.07) is 2.03. The van der Waals surface area contributed by atoms with Crippen LogP contribution in [0.3, 0.4) is 0 Å². The van der Waals surface area contributed by atoms with Gasteiger partial charge in [-0.1, -0.05) is 0 Å². The summed E-state index contributed by atoms with van der Waals surface area (Å²) in [5, 5.41) is 9.38. The molecule has 0 amide bonds. The van der Waals surface area contributed by atoms with Crippen LogP contribution in [0.15, 0.2) is 16.7 Å². The molecule has 0 radical (unpaired) electrons. The van der Waals surface area contributed by atoms with Gasteiger partial charge in [-0.05, 0) is 59.2 Å². The minimum atomic E-state index is -0.664. The zero-order valence-corrected chi connectivity index (χ0v) is 12.4. The molecule has 1 aromatic rings. The predicted octanol–water partition coefficient (Wildman–Crippen LogP) is 2.70. The highest BCUT2D eigenvalue weighted by molar-refractivity contribution is 9.10. The van der Waals surface area contributed by atoms with Crippen LogP contribution in [0.25, 0.3) is 0 Å². The number of aliphatic carboxylic acids is 1. The summed E-state index contributed by atoms with van der Waals surface area (Å²) in [5.74, 6) is 0.855. The summed E-state index contributed by atoms with van der Waals surface area (Å²) in [5.41, 5.74) is 1.10. The molecule has 1 saturated carbocycles. The van der Waals surface area contributed by atoms with Crippen LogP contribution >= 0.6 is 15.9 Å². The quantitative estimate of drug-likeness (QED) is 0.928. The summed E-state index contributed by atoms with van der Waals surface area (Å²) in [6.45, 7) is 3.39. The van der Waals surface area contributed by atoms with E-state index in [1.807, 2.05) is 19.2 Å². The van der Waals surface area contributed by atoms with Crippen LogP contribution in [0.1, 0.15) is 18.4 Å². The smallest absolute Gasteiger partial charge is 0.308 e. The van der Waals surface area contributed by atoms with Crippen molar-refractivity contribution in [3.05, 3.63) is 22.3 Å². The normalized spacial score (nSPS) is 26.7. The number of pyridine rings is 1. The van der Waals surface area contributed by atoms with Crippen molar-refractivity contribution in [1.82, 2.24) is 4.98 Å². The molecular formula is C14H17BrN2O2. The first-order valence-electron chi connectivity index (χ1n) is 6.66. The fourth-order valence-electron chi connectivity index (χ4n) is 3.02. The average Bonchev–Trinajstić information content (AvgIpc) is 3.09. The van der Waals surface area contributed by atoms with E-state index in [0.717, 1.165) is 22.4 Å². The summed E-state index contributed by atoms with van der Waals surface area (Å²) < 4.78 is 0.952. The highest BCUT2D eigenvalue weighted by atomic mass is 79.9. The number of nitrogens with zero attached hydrogens (tertiary/aromatic N) is 2. The first-order chi connectivity index (χ1) is 9.06. The third-order valence-electron chi connectivity index (χ3n) is 4.17. The average molecular weight is 325 g/mol. The Labute approximate surface area is 121 Å². The monoisotopic (exact) mass is 324 g/mol. The summed E-state index contributed by atoms with van der Waals surface area (Å²) >= 11 is 3.54. The first kappa shape index (κ1) is 12.9. The Morgan fingerprint density at radius 2 is 2.21 bits per heavy atom. The minimum Gasteiger partial charge on any atom is -0.481 e. The Kier molecular flexibility index (Phi) is 3.25. The van der Waals surface area contributed by atoms with Crippen LogP contribution < -0.4 is 4.90 Å². The maximum absolute atomic E-state index is 11.4. The Bertz CT molecular complexity index is 516. The van der Waals surface area contributed by atoms with Gasteiger partial charge in [0.1, 0.15) is 5.82 Å². The second kappa shape index (κ2) is 4.78. The largest absolute Gasteiger partial charge is 0.481 e. The van der Waals surface area contributed by atoms with E-state index in [-0.39, 0.29) is 11.8 Å². The van der Waals surface area contributed by atoms with Crippen molar-refractivity contribution in [2.45, 2.75) is 19.8 Å². The lowest BCUT2D eigenvalue weighted by Crippen LogP contribution is -2.24. The maximum Gasteiger partial charge on any atom is 0.308 e. The highest BCUT2D eigenvalue weighted by Gasteiger charge is 2.46. The van der Waals surface area contributed by atoms with Gasteiger partial charge >= 0.3 is 5.97 Å². The van der Waals surface area contributed by atoms with Gasteiger partial charge in [-0.2, -0.15) is 0 Å². The third kappa shape index (κ3) is 2.48. The van der Waals surface area contributed by atoms with Gasteiger partial charge < -0.3 is 10.0 Å². The van der Waals surface area contributed by atoms with Gasteiger partial charge in [0.2, 0.25) is 0 Å². The molecule has 0 bridgehead atoms. The van der Waals surface area contributed by atoms with Gasteiger partial charge in [0, 0.05) is 19.3 Å². The van der Waals surface area contributed by atoms with Gasteiger partial charge in [0.15, 0.2) is 0 Å². The van der Waals surface area contributed by atoms with Crippen LogP contribution in [0.4, 0.5) is 5.82 Å². The van der Waals surface area contributed by atoms with E-state index >= 15 is 0 Å². The van der Waals surface area contributed by atoms with Crippen LogP contribution in [0.5, 0.6) is 0 Å². The van der Waals surface area contributed by atoms with Crippen LogP contribution in [-0.4, -0.2) is 29.1 Å². The molecule has 2 fully saturated rings. The molecule has 1 N–H and O–H groups in total. The van der Waals surface area contributed by atoms with E-state index < -0.39 is 5.97 Å². The van der Waals surface area contributed by atoms with Gasteiger partial charge in [0.05, 0.1) is 10.4 Å². The molecule has 0 unspecified atom stereocenters. The molecule has 3 rings (SSSR count). The Morgan fingerprint density at radius 1 is 1.47 bits per heavy atom. The zero-order chi connectivity index (χ0) is 13.6. The number of carboxylic acid groups (broad SMARTS) is 1. The number of anilines is 1. The molecule has 19 heavy (non-hydrogen) atoms. The minimum absolute atomic E-state index is 0.248. The van der Waals surface area contributed by atoms with Crippen molar-refractivity contribution in [2.24, 2.45) is 17.8 Å². The summed E-state index contributed by atoms with van der Waals surface area (Å²) in [4.78, 5) is 18.0. The fraction of sp³-hybridized carbons (Fsp3) is 0.571. The van der Waals surface area contributed by atoms with Gasteiger partial charge in [-0.25, -0.2) is 4.98 Å². The molecule has 2 aliphatic rings. The van der Waals surface area contributed by atoms with E-state index in [2.05, 4.69) is 25.8 Å². The molecule has 1 aliphatic carbocycles. The zero-order valence-electron chi connectivity index (χ0n) is 10.8. The summed E-state index contributed by atoms with van der Waals surface area (Å²) in [6.07, 6.45) is 4.20. The number of halogens is 1. The van der Waals surface area contributed by atoms with Gasteiger partial charge in [-0.3, -0.25) is 4.79 Å². The first-order valence-corrected chi connectivity index (χ1v) is 7.45. The van der Waals surface area contributed by atoms with Gasteiger partial charge in [-0.15, -0.1) is 0 Å². The molecule has 1 saturated heterocycles. The molecule has 2 atom stereocenters.